The van der Waals surface area contributed by atoms with Crippen LogP contribution in [0.5, 0.6) is 11.5 Å². The number of hydrazone groups is 1. The molecule has 5 nitrogen and oxygen atoms in total. The average Bonchev–Trinajstić information content (AvgIpc) is 2.89. The van der Waals surface area contributed by atoms with Crippen LogP contribution in [-0.4, -0.2) is 24.8 Å². The van der Waals surface area contributed by atoms with E-state index in [1.54, 1.807) is 6.21 Å². The fourth-order valence-electron chi connectivity index (χ4n) is 3.75. The molecular weight excluding hydrogens is 504 g/mol. The number of benzene rings is 3. The van der Waals surface area contributed by atoms with Crippen LogP contribution in [0.4, 0.5) is 0 Å². The number of nitrogens with one attached hydrogen (secondary N) is 1. The zero-order chi connectivity index (χ0) is 24.9. The fraction of sp³-hybridized carbons (Fsp3) is 0.379. The number of ether oxygens (including phenoxy) is 2. The maximum Gasteiger partial charge on any atom is 0.281 e. The Kier molecular flexibility index (Phi) is 11.1. The average molecular weight is 540 g/mol. The molecule has 186 valence electrons. The first-order valence-corrected chi connectivity index (χ1v) is 13.3. The van der Waals surface area contributed by atoms with Crippen LogP contribution in [-0.2, 0) is 4.79 Å². The number of fused-ring (bicyclic) bond motifs is 1. The lowest BCUT2D eigenvalue weighted by atomic mass is 10.1. The van der Waals surface area contributed by atoms with Crippen LogP contribution in [0.15, 0.2) is 70.2 Å². The molecule has 0 fully saturated rings. The molecule has 0 spiro atoms. The molecule has 0 bridgehead atoms. The van der Waals surface area contributed by atoms with Crippen LogP contribution in [0.3, 0.4) is 0 Å². The molecule has 3 aromatic carbocycles. The minimum atomic E-state index is -0.651. The summed E-state index contributed by atoms with van der Waals surface area (Å²) in [5.41, 5.74) is 3.47. The first-order valence-electron chi connectivity index (χ1n) is 12.5. The van der Waals surface area contributed by atoms with E-state index in [1.807, 2.05) is 67.6 Å². The molecule has 0 saturated carbocycles. The molecule has 6 heteroatoms. The smallest absolute Gasteiger partial charge is 0.281 e. The summed E-state index contributed by atoms with van der Waals surface area (Å²) in [6, 6.07) is 19.6. The van der Waals surface area contributed by atoms with Gasteiger partial charge in [-0.2, -0.15) is 5.10 Å². The summed E-state index contributed by atoms with van der Waals surface area (Å²) in [5, 5.41) is 6.25. The lowest BCUT2D eigenvalue weighted by Crippen LogP contribution is -2.35. The molecule has 0 saturated heterocycles. The largest absolute Gasteiger partial charge is 0.494 e. The lowest BCUT2D eigenvalue weighted by Gasteiger charge is -2.17. The van der Waals surface area contributed by atoms with Crippen LogP contribution in [0.1, 0.15) is 64.4 Å². The summed E-state index contributed by atoms with van der Waals surface area (Å²) >= 11 is 3.61. The molecule has 0 aromatic heterocycles. The number of unbranched alkanes of at least 4 members (excludes halogenated alkanes) is 5. The van der Waals surface area contributed by atoms with E-state index in [9.17, 15) is 4.79 Å². The third-order valence-corrected chi connectivity index (χ3v) is 6.61. The number of hydrogen-bond acceptors (Lipinski definition) is 4. The number of rotatable bonds is 14. The number of carbonyl (C=O) groups excluding carboxylic acids is 1. The molecule has 0 aliphatic rings. The second-order valence-electron chi connectivity index (χ2n) is 8.53. The number of hydrogen-bond donors (Lipinski definition) is 1. The van der Waals surface area contributed by atoms with Crippen molar-refractivity contribution >= 4 is 38.8 Å². The van der Waals surface area contributed by atoms with Gasteiger partial charge in [-0.15, -0.1) is 0 Å². The van der Waals surface area contributed by atoms with E-state index in [0.717, 1.165) is 39.6 Å². The van der Waals surface area contributed by atoms with Crippen molar-refractivity contribution in [3.8, 4) is 11.5 Å². The van der Waals surface area contributed by atoms with Gasteiger partial charge in [-0.25, -0.2) is 5.43 Å². The van der Waals surface area contributed by atoms with Crippen LogP contribution in [0.25, 0.3) is 10.8 Å². The molecule has 0 radical (unpaired) electrons. The predicted molar refractivity (Wildman–Crippen MR) is 147 cm³/mol. The minimum absolute atomic E-state index is 0.289. The van der Waals surface area contributed by atoms with E-state index >= 15 is 0 Å². The van der Waals surface area contributed by atoms with E-state index in [4.69, 9.17) is 9.47 Å². The molecule has 0 aliphatic carbocycles. The minimum Gasteiger partial charge on any atom is -0.494 e. The normalized spacial score (nSPS) is 12.1. The van der Waals surface area contributed by atoms with Gasteiger partial charge in [0.15, 0.2) is 6.10 Å². The van der Waals surface area contributed by atoms with Gasteiger partial charge in [-0.3, -0.25) is 4.79 Å². The van der Waals surface area contributed by atoms with Gasteiger partial charge in [0.2, 0.25) is 0 Å². The highest BCUT2D eigenvalue weighted by atomic mass is 79.9. The van der Waals surface area contributed by atoms with E-state index in [0.29, 0.717) is 12.2 Å². The van der Waals surface area contributed by atoms with E-state index < -0.39 is 6.10 Å². The van der Waals surface area contributed by atoms with E-state index in [1.165, 1.54) is 32.1 Å². The maximum atomic E-state index is 12.6. The third kappa shape index (κ3) is 8.39. The number of carbonyl (C=O) groups is 1. The summed E-state index contributed by atoms with van der Waals surface area (Å²) in [5.74, 6) is 1.19. The zero-order valence-electron chi connectivity index (χ0n) is 20.6. The SMILES string of the molecule is CCCCCCCCOc1ccc(/C=N\NC(=O)[C@H](CC)Oc2ccc3ccccc3c2Br)cc1. The highest BCUT2D eigenvalue weighted by Crippen LogP contribution is 2.33. The Morgan fingerprint density at radius 1 is 0.971 bits per heavy atom. The molecule has 3 rings (SSSR count). The number of halogens is 1. The van der Waals surface area contributed by atoms with Gasteiger partial charge < -0.3 is 9.47 Å². The van der Waals surface area contributed by atoms with Crippen LogP contribution >= 0.6 is 15.9 Å². The van der Waals surface area contributed by atoms with Crippen LogP contribution < -0.4 is 14.9 Å². The molecule has 3 aromatic rings. The first-order chi connectivity index (χ1) is 17.1. The van der Waals surface area contributed by atoms with Gasteiger partial charge >= 0.3 is 0 Å². The third-order valence-electron chi connectivity index (χ3n) is 5.80. The molecule has 35 heavy (non-hydrogen) atoms. The van der Waals surface area contributed by atoms with Crippen molar-refractivity contribution in [3.63, 3.8) is 0 Å². The van der Waals surface area contributed by atoms with Crippen molar-refractivity contribution in [1.82, 2.24) is 5.43 Å². The number of amides is 1. The Hall–Kier alpha value is -2.86. The predicted octanol–water partition coefficient (Wildman–Crippen LogP) is 7.65. The molecule has 0 heterocycles. The summed E-state index contributed by atoms with van der Waals surface area (Å²) in [6.07, 6.45) is 8.96. The Labute approximate surface area is 217 Å². The summed E-state index contributed by atoms with van der Waals surface area (Å²) in [6.45, 7) is 4.88. The lowest BCUT2D eigenvalue weighted by molar-refractivity contribution is -0.128. The van der Waals surface area contributed by atoms with E-state index in [2.05, 4.69) is 33.4 Å². The fourth-order valence-corrected chi connectivity index (χ4v) is 4.33. The molecule has 1 atom stereocenters. The standard InChI is InChI=1S/C29H35BrN2O3/c1-3-5-6-7-8-11-20-34-24-17-14-22(15-18-24)21-31-32-29(33)26(4-2)35-27-19-16-23-12-9-10-13-25(23)28(27)30/h9-10,12-19,21,26H,3-8,11,20H2,1-2H3,(H,32,33)/b31-21-/t26-/m0/s1. The Bertz CT molecular complexity index is 1100. The molecule has 1 amide bonds. The van der Waals surface area contributed by atoms with Crippen LogP contribution in [0.2, 0.25) is 0 Å². The molecule has 0 aliphatic heterocycles. The van der Waals surface area contributed by atoms with Crippen LogP contribution in [0, 0.1) is 0 Å². The van der Waals surface area contributed by atoms with E-state index in [-0.39, 0.29) is 5.91 Å². The van der Waals surface area contributed by atoms with Gasteiger partial charge in [0.1, 0.15) is 11.5 Å². The zero-order valence-corrected chi connectivity index (χ0v) is 22.2. The summed E-state index contributed by atoms with van der Waals surface area (Å²) in [4.78, 5) is 12.6. The quantitative estimate of drug-likeness (QED) is 0.130. The van der Waals surface area contributed by atoms with Gasteiger partial charge in [0.05, 0.1) is 17.3 Å². The Balaban J connectivity index is 1.46. The Morgan fingerprint density at radius 3 is 2.49 bits per heavy atom. The van der Waals surface area contributed by atoms with Crippen molar-refractivity contribution in [1.29, 1.82) is 0 Å². The summed E-state index contributed by atoms with van der Waals surface area (Å²) in [7, 11) is 0. The van der Waals surface area contributed by atoms with Crippen molar-refractivity contribution < 1.29 is 14.3 Å². The van der Waals surface area contributed by atoms with Gasteiger partial charge in [-0.1, -0.05) is 76.3 Å². The van der Waals surface area contributed by atoms with Crippen molar-refractivity contribution in [2.24, 2.45) is 5.10 Å². The van der Waals surface area contributed by atoms with Gasteiger partial charge in [-0.05, 0) is 75.4 Å². The topological polar surface area (TPSA) is 59.9 Å². The van der Waals surface area contributed by atoms with Crippen molar-refractivity contribution in [2.75, 3.05) is 6.61 Å². The van der Waals surface area contributed by atoms with Crippen molar-refractivity contribution in [3.05, 3.63) is 70.7 Å². The molecular formula is C29H35BrN2O3. The monoisotopic (exact) mass is 538 g/mol. The molecule has 0 unspecified atom stereocenters. The Morgan fingerprint density at radius 2 is 1.71 bits per heavy atom. The second-order valence-corrected chi connectivity index (χ2v) is 9.33. The van der Waals surface area contributed by atoms with Crippen molar-refractivity contribution in [2.45, 2.75) is 64.9 Å². The number of nitrogens with zero attached hydrogens (tertiary/aromatic N) is 1. The van der Waals surface area contributed by atoms with Gasteiger partial charge in [0, 0.05) is 0 Å². The summed E-state index contributed by atoms with van der Waals surface area (Å²) < 4.78 is 12.7. The molecule has 1 N–H and O–H groups in total. The second kappa shape index (κ2) is 14.5. The van der Waals surface area contributed by atoms with Gasteiger partial charge in [0.25, 0.3) is 5.91 Å². The first kappa shape index (κ1) is 26.7. The highest BCUT2D eigenvalue weighted by molar-refractivity contribution is 9.10. The maximum absolute atomic E-state index is 12.6. The highest BCUT2D eigenvalue weighted by Gasteiger charge is 2.19.